The minimum atomic E-state index is -0.179. The lowest BCUT2D eigenvalue weighted by Crippen LogP contribution is -2.12. The van der Waals surface area contributed by atoms with Crippen molar-refractivity contribution >= 4 is 22.9 Å². The second kappa shape index (κ2) is 4.20. The molecule has 0 aliphatic rings. The molecule has 86 valence electrons. The van der Waals surface area contributed by atoms with Gasteiger partial charge in [0.15, 0.2) is 0 Å². The third-order valence-corrected chi connectivity index (χ3v) is 4.24. The van der Waals surface area contributed by atoms with Gasteiger partial charge in [0.2, 0.25) is 0 Å². The van der Waals surface area contributed by atoms with Crippen LogP contribution in [-0.2, 0) is 7.05 Å². The monoisotopic (exact) mass is 255 g/mol. The van der Waals surface area contributed by atoms with E-state index in [0.717, 1.165) is 26.9 Å². The second-order valence-corrected chi connectivity index (χ2v) is 5.17. The molecule has 0 aliphatic carbocycles. The summed E-state index contributed by atoms with van der Waals surface area (Å²) < 4.78 is 1.85. The van der Waals surface area contributed by atoms with Gasteiger partial charge in [-0.05, 0) is 25.3 Å². The van der Waals surface area contributed by atoms with E-state index in [9.17, 15) is 0 Å². The fourth-order valence-electron chi connectivity index (χ4n) is 1.90. The smallest absolute Gasteiger partial charge is 0.0697 e. The van der Waals surface area contributed by atoms with E-state index in [4.69, 9.17) is 17.3 Å². The third-order valence-electron chi connectivity index (χ3n) is 2.80. The van der Waals surface area contributed by atoms with Crippen molar-refractivity contribution in [1.29, 1.82) is 0 Å². The second-order valence-electron chi connectivity index (χ2n) is 3.82. The number of aromatic nitrogens is 2. The highest BCUT2D eigenvalue weighted by molar-refractivity contribution is 7.10. The predicted molar refractivity (Wildman–Crippen MR) is 68.0 cm³/mol. The molecule has 1 atom stereocenters. The lowest BCUT2D eigenvalue weighted by atomic mass is 10.0. The summed E-state index contributed by atoms with van der Waals surface area (Å²) in [5, 5.41) is 7.06. The van der Waals surface area contributed by atoms with Crippen LogP contribution in [0, 0.1) is 13.8 Å². The molecule has 0 amide bonds. The molecule has 2 rings (SSSR count). The zero-order valence-corrected chi connectivity index (χ0v) is 11.1. The quantitative estimate of drug-likeness (QED) is 0.897. The Morgan fingerprint density at radius 1 is 1.50 bits per heavy atom. The van der Waals surface area contributed by atoms with Crippen molar-refractivity contribution in [3.8, 4) is 0 Å². The van der Waals surface area contributed by atoms with Crippen molar-refractivity contribution in [2.24, 2.45) is 12.8 Å². The van der Waals surface area contributed by atoms with Gasteiger partial charge in [-0.3, -0.25) is 4.68 Å². The molecule has 2 N–H and O–H groups in total. The van der Waals surface area contributed by atoms with E-state index < -0.39 is 0 Å². The van der Waals surface area contributed by atoms with Gasteiger partial charge < -0.3 is 5.73 Å². The van der Waals surface area contributed by atoms with Crippen molar-refractivity contribution in [2.45, 2.75) is 19.9 Å². The number of rotatable bonds is 2. The first-order chi connectivity index (χ1) is 7.52. The molecular formula is C11H14ClN3S. The molecule has 5 heteroatoms. The van der Waals surface area contributed by atoms with Crippen molar-refractivity contribution in [3.05, 3.63) is 38.3 Å². The molecule has 0 spiro atoms. The summed E-state index contributed by atoms with van der Waals surface area (Å²) in [5.41, 5.74) is 9.39. The van der Waals surface area contributed by atoms with Gasteiger partial charge in [0.1, 0.15) is 0 Å². The zero-order chi connectivity index (χ0) is 11.9. The van der Waals surface area contributed by atoms with E-state index in [1.54, 1.807) is 11.3 Å². The topological polar surface area (TPSA) is 43.8 Å². The van der Waals surface area contributed by atoms with E-state index in [-0.39, 0.29) is 6.04 Å². The lowest BCUT2D eigenvalue weighted by Gasteiger charge is -2.11. The van der Waals surface area contributed by atoms with E-state index in [0.29, 0.717) is 0 Å². The Morgan fingerprint density at radius 2 is 2.19 bits per heavy atom. The van der Waals surface area contributed by atoms with Crippen LogP contribution in [0.25, 0.3) is 0 Å². The highest BCUT2D eigenvalue weighted by Gasteiger charge is 2.21. The van der Waals surface area contributed by atoms with Crippen molar-refractivity contribution in [2.75, 3.05) is 0 Å². The van der Waals surface area contributed by atoms with E-state index in [1.165, 1.54) is 0 Å². The van der Waals surface area contributed by atoms with Crippen molar-refractivity contribution in [1.82, 2.24) is 9.78 Å². The summed E-state index contributed by atoms with van der Waals surface area (Å²) >= 11 is 7.68. The first-order valence-electron chi connectivity index (χ1n) is 5.01. The minimum absolute atomic E-state index is 0.179. The Hall–Kier alpha value is -0.840. The van der Waals surface area contributed by atoms with Crippen LogP contribution in [-0.4, -0.2) is 9.78 Å². The van der Waals surface area contributed by atoms with Crippen molar-refractivity contribution in [3.63, 3.8) is 0 Å². The van der Waals surface area contributed by atoms with Gasteiger partial charge in [0.25, 0.3) is 0 Å². The normalized spacial score (nSPS) is 13.1. The molecule has 0 aromatic carbocycles. The number of hydrogen-bond donors (Lipinski definition) is 1. The van der Waals surface area contributed by atoms with Gasteiger partial charge in [0.05, 0.1) is 16.8 Å². The fraction of sp³-hybridized carbons (Fsp3) is 0.364. The van der Waals surface area contributed by atoms with E-state index in [1.807, 2.05) is 37.0 Å². The molecule has 0 radical (unpaired) electrons. The SMILES string of the molecule is Cc1nn(C)c(C)c1C(N)c1sccc1Cl. The minimum Gasteiger partial charge on any atom is -0.319 e. The first-order valence-corrected chi connectivity index (χ1v) is 6.26. The summed E-state index contributed by atoms with van der Waals surface area (Å²) in [6, 6.07) is 1.70. The summed E-state index contributed by atoms with van der Waals surface area (Å²) in [5.74, 6) is 0. The molecule has 0 saturated carbocycles. The summed E-state index contributed by atoms with van der Waals surface area (Å²) in [4.78, 5) is 1.00. The first kappa shape index (κ1) is 11.6. The van der Waals surface area contributed by atoms with E-state index >= 15 is 0 Å². The predicted octanol–water partition coefficient (Wildman–Crippen LogP) is 2.80. The van der Waals surface area contributed by atoms with Crippen LogP contribution >= 0.6 is 22.9 Å². The van der Waals surface area contributed by atoms with Crippen LogP contribution in [0.2, 0.25) is 5.02 Å². The van der Waals surface area contributed by atoms with Crippen LogP contribution in [0.5, 0.6) is 0 Å². The van der Waals surface area contributed by atoms with Gasteiger partial charge >= 0.3 is 0 Å². The van der Waals surface area contributed by atoms with Crippen LogP contribution in [0.1, 0.15) is 27.9 Å². The van der Waals surface area contributed by atoms with Crippen molar-refractivity contribution < 1.29 is 0 Å². The van der Waals surface area contributed by atoms with Gasteiger partial charge in [-0.1, -0.05) is 11.6 Å². The standard InChI is InChI=1S/C11H14ClN3S/c1-6-9(7(2)15(3)14-6)10(13)11-8(12)4-5-16-11/h4-5,10H,13H2,1-3H3. The molecule has 2 heterocycles. The molecule has 0 saturated heterocycles. The van der Waals surface area contributed by atoms with E-state index in [2.05, 4.69) is 5.10 Å². The molecule has 2 aromatic rings. The maximum absolute atomic E-state index is 6.25. The third kappa shape index (κ3) is 1.77. The largest absolute Gasteiger partial charge is 0.319 e. The molecule has 2 aromatic heterocycles. The molecule has 1 unspecified atom stereocenters. The number of thiophene rings is 1. The molecular weight excluding hydrogens is 242 g/mol. The summed E-state index contributed by atoms with van der Waals surface area (Å²) in [7, 11) is 1.93. The molecule has 3 nitrogen and oxygen atoms in total. The number of halogens is 1. The van der Waals surface area contributed by atoms with Gasteiger partial charge in [-0.25, -0.2) is 0 Å². The number of aryl methyl sites for hydroxylation is 2. The average molecular weight is 256 g/mol. The van der Waals surface area contributed by atoms with Gasteiger partial charge in [-0.2, -0.15) is 5.10 Å². The fourth-order valence-corrected chi connectivity index (χ4v) is 3.08. The Morgan fingerprint density at radius 3 is 2.62 bits per heavy atom. The highest BCUT2D eigenvalue weighted by atomic mass is 35.5. The molecule has 16 heavy (non-hydrogen) atoms. The lowest BCUT2D eigenvalue weighted by molar-refractivity contribution is 0.728. The van der Waals surface area contributed by atoms with Crippen LogP contribution in [0.3, 0.4) is 0 Å². The van der Waals surface area contributed by atoms with Gasteiger partial charge in [-0.15, -0.1) is 11.3 Å². The Bertz CT molecular complexity index is 515. The molecule has 0 bridgehead atoms. The average Bonchev–Trinajstić information content (AvgIpc) is 2.73. The maximum atomic E-state index is 6.25. The highest BCUT2D eigenvalue weighted by Crippen LogP contribution is 2.33. The number of nitrogens with zero attached hydrogens (tertiary/aromatic N) is 2. The zero-order valence-electron chi connectivity index (χ0n) is 9.49. The van der Waals surface area contributed by atoms with Crippen LogP contribution < -0.4 is 5.73 Å². The molecule has 0 fully saturated rings. The van der Waals surface area contributed by atoms with Crippen LogP contribution in [0.4, 0.5) is 0 Å². The number of nitrogens with two attached hydrogens (primary N) is 1. The number of hydrogen-bond acceptors (Lipinski definition) is 3. The summed E-state index contributed by atoms with van der Waals surface area (Å²) in [6.45, 7) is 4.00. The molecule has 0 aliphatic heterocycles. The van der Waals surface area contributed by atoms with Crippen LogP contribution in [0.15, 0.2) is 11.4 Å². The Kier molecular flexibility index (Phi) is 3.06. The summed E-state index contributed by atoms with van der Waals surface area (Å²) in [6.07, 6.45) is 0. The van der Waals surface area contributed by atoms with Gasteiger partial charge in [0, 0.05) is 23.2 Å². The Labute approximate surface area is 104 Å². The Balaban J connectivity index is 2.49. The maximum Gasteiger partial charge on any atom is 0.0697 e.